The minimum absolute atomic E-state index is 0.0444. The zero-order valence-electron chi connectivity index (χ0n) is 13.2. The molecular weight excluding hydrogens is 278 g/mol. The summed E-state index contributed by atoms with van der Waals surface area (Å²) in [7, 11) is 2.02. The first-order valence-electron chi connectivity index (χ1n) is 7.84. The molecule has 0 aromatic heterocycles. The van der Waals surface area contributed by atoms with Crippen molar-refractivity contribution in [2.45, 2.75) is 43.4 Å². The molecule has 4 rings (SSSR count). The van der Waals surface area contributed by atoms with Gasteiger partial charge in [-0.1, -0.05) is 12.1 Å². The normalized spacial score (nSPS) is 39.9. The van der Waals surface area contributed by atoms with Gasteiger partial charge in [0.25, 0.3) is 0 Å². The molecule has 4 heteroatoms. The third-order valence-electron chi connectivity index (χ3n) is 6.00. The van der Waals surface area contributed by atoms with Crippen LogP contribution in [0.2, 0.25) is 0 Å². The third kappa shape index (κ3) is 1.38. The van der Waals surface area contributed by atoms with Crippen molar-refractivity contribution in [3.63, 3.8) is 0 Å². The summed E-state index contributed by atoms with van der Waals surface area (Å²) in [4.78, 5) is 14.7. The zero-order chi connectivity index (χ0) is 15.7. The molecule has 1 fully saturated rings. The van der Waals surface area contributed by atoms with Crippen LogP contribution in [0.25, 0.3) is 0 Å². The largest absolute Gasteiger partial charge is 0.481 e. The third-order valence-corrected chi connectivity index (χ3v) is 6.00. The van der Waals surface area contributed by atoms with Crippen LogP contribution >= 0.6 is 0 Å². The molecule has 0 amide bonds. The van der Waals surface area contributed by atoms with E-state index in [0.29, 0.717) is 6.42 Å². The lowest BCUT2D eigenvalue weighted by atomic mass is 9.55. The van der Waals surface area contributed by atoms with E-state index in [9.17, 15) is 9.90 Å². The average Bonchev–Trinajstić information content (AvgIpc) is 2.85. The molecular formula is C18H21NO3. The number of likely N-dealkylation sites (N-methyl/N-ethyl adjacent to an activating group) is 1. The number of hydrogen-bond donors (Lipinski definition) is 1. The van der Waals surface area contributed by atoms with E-state index >= 15 is 0 Å². The van der Waals surface area contributed by atoms with Crippen molar-refractivity contribution in [1.82, 2.24) is 4.90 Å². The van der Waals surface area contributed by atoms with Crippen LogP contribution in [0.1, 0.15) is 24.5 Å². The smallest absolute Gasteiger partial charge is 0.196 e. The second kappa shape index (κ2) is 4.21. The Kier molecular flexibility index (Phi) is 2.67. The number of fused-ring (bicyclic) bond motifs is 1. The van der Waals surface area contributed by atoms with Crippen molar-refractivity contribution in [2.75, 3.05) is 13.6 Å². The van der Waals surface area contributed by atoms with Gasteiger partial charge in [-0.2, -0.15) is 0 Å². The molecule has 1 saturated heterocycles. The molecule has 4 atom stereocenters. The summed E-state index contributed by atoms with van der Waals surface area (Å²) in [6.07, 6.45) is 3.30. The number of carbonyl (C=O) groups is 1. The van der Waals surface area contributed by atoms with Crippen LogP contribution in [0.3, 0.4) is 0 Å². The second-order valence-corrected chi connectivity index (χ2v) is 6.88. The molecule has 2 aliphatic heterocycles. The van der Waals surface area contributed by atoms with Gasteiger partial charge in [0.15, 0.2) is 11.9 Å². The Bertz CT molecular complexity index is 698. The van der Waals surface area contributed by atoms with Crippen LogP contribution < -0.4 is 4.74 Å². The quantitative estimate of drug-likeness (QED) is 0.790. The summed E-state index contributed by atoms with van der Waals surface area (Å²) < 4.78 is 6.03. The fraction of sp³-hybridized carbons (Fsp3) is 0.500. The molecule has 116 valence electrons. The van der Waals surface area contributed by atoms with Crippen LogP contribution in [0.5, 0.6) is 5.75 Å². The van der Waals surface area contributed by atoms with Gasteiger partial charge < -0.3 is 14.7 Å². The number of aliphatic hydroxyl groups is 1. The lowest BCUT2D eigenvalue weighted by Gasteiger charge is -2.56. The topological polar surface area (TPSA) is 49.8 Å². The van der Waals surface area contributed by atoms with Gasteiger partial charge in [0.1, 0.15) is 11.4 Å². The highest BCUT2D eigenvalue weighted by molar-refractivity contribution is 5.98. The Morgan fingerprint density at radius 3 is 2.95 bits per heavy atom. The first kappa shape index (κ1) is 14.0. The SMILES string of the molecule is Cc1cccc2c1C13CCN(C)C(C)C1(O)C=CC(=O)[C@@H]3O2. The summed E-state index contributed by atoms with van der Waals surface area (Å²) in [5.41, 5.74) is 0.319. The minimum Gasteiger partial charge on any atom is -0.481 e. The van der Waals surface area contributed by atoms with Gasteiger partial charge in [-0.3, -0.25) is 4.79 Å². The van der Waals surface area contributed by atoms with Crippen LogP contribution in [0.15, 0.2) is 30.4 Å². The monoisotopic (exact) mass is 299 g/mol. The number of piperidine rings is 1. The van der Waals surface area contributed by atoms with E-state index in [4.69, 9.17) is 4.74 Å². The number of ketones is 1. The second-order valence-electron chi connectivity index (χ2n) is 6.88. The lowest BCUT2D eigenvalue weighted by Crippen LogP contribution is -2.71. The molecule has 0 bridgehead atoms. The molecule has 22 heavy (non-hydrogen) atoms. The summed E-state index contributed by atoms with van der Waals surface area (Å²) >= 11 is 0. The van der Waals surface area contributed by atoms with Gasteiger partial charge in [0, 0.05) is 11.6 Å². The maximum atomic E-state index is 12.5. The van der Waals surface area contributed by atoms with Gasteiger partial charge in [0.05, 0.1) is 5.41 Å². The first-order valence-corrected chi connectivity index (χ1v) is 7.84. The van der Waals surface area contributed by atoms with E-state index in [2.05, 4.69) is 4.90 Å². The predicted octanol–water partition coefficient (Wildman–Crippen LogP) is 1.59. The highest BCUT2D eigenvalue weighted by Crippen LogP contribution is 2.58. The van der Waals surface area contributed by atoms with Gasteiger partial charge in [-0.05, 0) is 57.6 Å². The first-order chi connectivity index (χ1) is 10.4. The van der Waals surface area contributed by atoms with Crippen molar-refractivity contribution in [3.05, 3.63) is 41.5 Å². The summed E-state index contributed by atoms with van der Waals surface area (Å²) in [6, 6.07) is 5.80. The fourth-order valence-corrected chi connectivity index (χ4v) is 4.68. The predicted molar refractivity (Wildman–Crippen MR) is 83.1 cm³/mol. The van der Waals surface area contributed by atoms with Crippen LogP contribution in [-0.4, -0.2) is 47.1 Å². The van der Waals surface area contributed by atoms with E-state index in [1.807, 2.05) is 39.1 Å². The molecule has 1 aromatic carbocycles. The molecule has 1 aromatic rings. The Morgan fingerprint density at radius 1 is 1.41 bits per heavy atom. The zero-order valence-corrected chi connectivity index (χ0v) is 13.2. The Hall–Kier alpha value is -1.65. The van der Waals surface area contributed by atoms with Crippen LogP contribution in [0.4, 0.5) is 0 Å². The molecule has 1 spiro atoms. The molecule has 3 unspecified atom stereocenters. The summed E-state index contributed by atoms with van der Waals surface area (Å²) in [5, 5.41) is 11.6. The van der Waals surface area contributed by atoms with Crippen LogP contribution in [0, 0.1) is 6.92 Å². The number of nitrogens with zero attached hydrogens (tertiary/aromatic N) is 1. The molecule has 2 heterocycles. The van der Waals surface area contributed by atoms with Gasteiger partial charge in [-0.25, -0.2) is 0 Å². The number of benzene rings is 1. The maximum Gasteiger partial charge on any atom is 0.196 e. The van der Waals surface area contributed by atoms with E-state index in [0.717, 1.165) is 23.4 Å². The molecule has 0 saturated carbocycles. The summed E-state index contributed by atoms with van der Waals surface area (Å²) in [5.74, 6) is 0.703. The van der Waals surface area contributed by atoms with Gasteiger partial charge >= 0.3 is 0 Å². The Labute approximate surface area is 130 Å². The number of rotatable bonds is 0. The molecule has 3 aliphatic rings. The van der Waals surface area contributed by atoms with Gasteiger partial charge in [-0.15, -0.1) is 0 Å². The van der Waals surface area contributed by atoms with E-state index in [1.165, 1.54) is 6.08 Å². The Balaban J connectivity index is 2.04. The highest BCUT2D eigenvalue weighted by atomic mass is 16.5. The standard InChI is InChI=1S/C18H21NO3/c1-11-5-4-6-14-15(11)17-9-10-19(3)12(2)18(17,21)8-7-13(20)16(17)22-14/h4-8,12,16,21H,9-10H2,1-3H3/t12?,16-,17?,18?/m0/s1. The van der Waals surface area contributed by atoms with E-state index < -0.39 is 17.1 Å². The highest BCUT2D eigenvalue weighted by Gasteiger charge is 2.68. The molecule has 1 N–H and O–H groups in total. The van der Waals surface area contributed by atoms with Gasteiger partial charge in [0.2, 0.25) is 0 Å². The van der Waals surface area contributed by atoms with Crippen molar-refractivity contribution in [3.8, 4) is 5.75 Å². The maximum absolute atomic E-state index is 12.5. The number of carbonyl (C=O) groups excluding carboxylic acids is 1. The van der Waals surface area contributed by atoms with Crippen LogP contribution in [-0.2, 0) is 10.2 Å². The van der Waals surface area contributed by atoms with Crippen molar-refractivity contribution < 1.29 is 14.6 Å². The molecule has 0 radical (unpaired) electrons. The number of hydrogen-bond acceptors (Lipinski definition) is 4. The van der Waals surface area contributed by atoms with Crippen molar-refractivity contribution in [2.24, 2.45) is 0 Å². The number of likely N-dealkylation sites (tertiary alicyclic amines) is 1. The number of ether oxygens (including phenoxy) is 1. The van der Waals surface area contributed by atoms with Crippen molar-refractivity contribution in [1.29, 1.82) is 0 Å². The summed E-state index contributed by atoms with van der Waals surface area (Å²) in [6.45, 7) is 4.89. The van der Waals surface area contributed by atoms with Crippen molar-refractivity contribution >= 4 is 5.78 Å². The Morgan fingerprint density at radius 2 is 2.18 bits per heavy atom. The lowest BCUT2D eigenvalue weighted by molar-refractivity contribution is -0.146. The molecule has 1 aliphatic carbocycles. The fourth-order valence-electron chi connectivity index (χ4n) is 4.68. The van der Waals surface area contributed by atoms with E-state index in [1.54, 1.807) is 6.08 Å². The minimum atomic E-state index is -1.10. The average molecular weight is 299 g/mol. The number of aryl methyl sites for hydroxylation is 1. The molecule has 4 nitrogen and oxygen atoms in total. The van der Waals surface area contributed by atoms with E-state index in [-0.39, 0.29) is 11.8 Å².